The molecule has 2 heterocycles. The van der Waals surface area contributed by atoms with Crippen LogP contribution in [-0.2, 0) is 23.3 Å². The first-order chi connectivity index (χ1) is 17.9. The van der Waals surface area contributed by atoms with Gasteiger partial charge in [0.05, 0.1) is 17.1 Å². The van der Waals surface area contributed by atoms with Gasteiger partial charge in [-0.3, -0.25) is 14.0 Å². The van der Waals surface area contributed by atoms with Gasteiger partial charge >= 0.3 is 0 Å². The van der Waals surface area contributed by atoms with Crippen molar-refractivity contribution in [3.05, 3.63) is 53.2 Å². The van der Waals surface area contributed by atoms with Gasteiger partial charge in [0.2, 0.25) is 0 Å². The molecular formula is C28H40N4O4Si2. The van der Waals surface area contributed by atoms with Gasteiger partial charge in [-0.05, 0) is 47.5 Å². The number of benzene rings is 2. The van der Waals surface area contributed by atoms with Gasteiger partial charge in [-0.1, -0.05) is 45.3 Å². The largest absolute Gasteiger partial charge is 0.465 e. The second-order valence-electron chi connectivity index (χ2n) is 12.3. The van der Waals surface area contributed by atoms with Gasteiger partial charge in [0.1, 0.15) is 24.3 Å². The lowest BCUT2D eigenvalue weighted by Gasteiger charge is -2.17. The van der Waals surface area contributed by atoms with E-state index >= 15 is 0 Å². The summed E-state index contributed by atoms with van der Waals surface area (Å²) in [4.78, 5) is 18.1. The summed E-state index contributed by atoms with van der Waals surface area (Å²) in [6, 6.07) is 12.1. The molecule has 2 aromatic heterocycles. The summed E-state index contributed by atoms with van der Waals surface area (Å²) < 4.78 is 21.1. The van der Waals surface area contributed by atoms with E-state index in [0.29, 0.717) is 29.9 Å². The average Bonchev–Trinajstić information content (AvgIpc) is 3.21. The molecule has 0 saturated carbocycles. The standard InChI is InChI=1S/C28H40N4O4Si2/c1-31-25-9-8-21(14-23(25)17-30-31)22-15-24-27(26(16-22)36-20-35-11-13-38(5,6)7)29-18-32(28(24)33)19-34-10-12-37(2,3)4/h8-9,14-18H,10-13,19-20H2,1-7H3. The molecule has 4 aromatic rings. The molecule has 0 fully saturated rings. The summed E-state index contributed by atoms with van der Waals surface area (Å²) in [7, 11) is -0.486. The summed E-state index contributed by atoms with van der Waals surface area (Å²) in [6.45, 7) is 15.4. The Morgan fingerprint density at radius 3 is 2.32 bits per heavy atom. The molecule has 204 valence electrons. The third-order valence-corrected chi connectivity index (χ3v) is 9.90. The molecule has 10 heteroatoms. The Kier molecular flexibility index (Phi) is 8.56. The van der Waals surface area contributed by atoms with E-state index in [1.54, 1.807) is 6.33 Å². The Labute approximate surface area is 226 Å². The van der Waals surface area contributed by atoms with Crippen LogP contribution in [0, 0.1) is 0 Å². The quantitative estimate of drug-likeness (QED) is 0.123. The number of nitrogens with zero attached hydrogens (tertiary/aromatic N) is 4. The Bertz CT molecular complexity index is 1470. The van der Waals surface area contributed by atoms with Crippen LogP contribution in [0.15, 0.2) is 47.7 Å². The summed E-state index contributed by atoms with van der Waals surface area (Å²) in [5.41, 5.74) is 3.25. The first-order valence-corrected chi connectivity index (χ1v) is 20.6. The molecule has 2 aromatic carbocycles. The van der Waals surface area contributed by atoms with E-state index in [1.807, 2.05) is 42.2 Å². The second kappa shape index (κ2) is 11.5. The van der Waals surface area contributed by atoms with Crippen LogP contribution < -0.4 is 10.3 Å². The predicted octanol–water partition coefficient (Wildman–Crippen LogP) is 5.95. The van der Waals surface area contributed by atoms with E-state index in [0.717, 1.165) is 34.1 Å². The van der Waals surface area contributed by atoms with Crippen molar-refractivity contribution in [1.82, 2.24) is 19.3 Å². The van der Waals surface area contributed by atoms with Crippen LogP contribution in [0.5, 0.6) is 5.75 Å². The van der Waals surface area contributed by atoms with Crippen molar-refractivity contribution in [3.8, 4) is 16.9 Å². The van der Waals surface area contributed by atoms with Crippen molar-refractivity contribution in [2.24, 2.45) is 7.05 Å². The van der Waals surface area contributed by atoms with Crippen LogP contribution in [0.4, 0.5) is 0 Å². The van der Waals surface area contributed by atoms with Crippen molar-refractivity contribution >= 4 is 38.0 Å². The molecular weight excluding hydrogens is 513 g/mol. The van der Waals surface area contributed by atoms with Crippen molar-refractivity contribution in [2.75, 3.05) is 20.0 Å². The minimum Gasteiger partial charge on any atom is -0.465 e. The van der Waals surface area contributed by atoms with Gasteiger partial charge in [0, 0.05) is 41.8 Å². The van der Waals surface area contributed by atoms with Crippen molar-refractivity contribution in [1.29, 1.82) is 0 Å². The van der Waals surface area contributed by atoms with Gasteiger partial charge in [0.25, 0.3) is 5.56 Å². The van der Waals surface area contributed by atoms with Gasteiger partial charge in [0.15, 0.2) is 6.79 Å². The second-order valence-corrected chi connectivity index (χ2v) is 23.5. The van der Waals surface area contributed by atoms with E-state index in [1.165, 1.54) is 4.57 Å². The highest BCUT2D eigenvalue weighted by atomic mass is 28.3. The molecule has 4 rings (SSSR count). The number of hydrogen-bond donors (Lipinski definition) is 0. The Hall–Kier alpha value is -2.80. The molecule has 38 heavy (non-hydrogen) atoms. The zero-order valence-electron chi connectivity index (χ0n) is 23.7. The number of hydrogen-bond acceptors (Lipinski definition) is 6. The minimum atomic E-state index is -1.21. The zero-order chi connectivity index (χ0) is 27.5. The molecule has 0 radical (unpaired) electrons. The molecule has 0 aliphatic carbocycles. The third kappa shape index (κ3) is 7.19. The molecule has 0 atom stereocenters. The highest BCUT2D eigenvalue weighted by molar-refractivity contribution is 6.76. The molecule has 0 spiro atoms. The van der Waals surface area contributed by atoms with Gasteiger partial charge in [-0.2, -0.15) is 5.10 Å². The van der Waals surface area contributed by atoms with Crippen molar-refractivity contribution in [3.63, 3.8) is 0 Å². The molecule has 0 aliphatic rings. The third-order valence-electron chi connectivity index (χ3n) is 6.49. The van der Waals surface area contributed by atoms with Gasteiger partial charge < -0.3 is 14.2 Å². The molecule has 0 aliphatic heterocycles. The van der Waals surface area contributed by atoms with Crippen molar-refractivity contribution in [2.45, 2.75) is 58.1 Å². The molecule has 0 saturated heterocycles. The van der Waals surface area contributed by atoms with E-state index < -0.39 is 16.1 Å². The number of ether oxygens (including phenoxy) is 3. The van der Waals surface area contributed by atoms with E-state index in [9.17, 15) is 4.79 Å². The van der Waals surface area contributed by atoms with Crippen LogP contribution in [-0.4, -0.2) is 55.5 Å². The molecule has 8 nitrogen and oxygen atoms in total. The maximum atomic E-state index is 13.5. The summed E-state index contributed by atoms with van der Waals surface area (Å²) in [5.74, 6) is 0.528. The summed E-state index contributed by atoms with van der Waals surface area (Å²) >= 11 is 0. The lowest BCUT2D eigenvalue weighted by atomic mass is 10.0. The molecule has 0 unspecified atom stereocenters. The lowest BCUT2D eigenvalue weighted by molar-refractivity contribution is 0.0228. The van der Waals surface area contributed by atoms with Crippen LogP contribution in [0.3, 0.4) is 0 Å². The fourth-order valence-electron chi connectivity index (χ4n) is 4.03. The number of aryl methyl sites for hydroxylation is 1. The SMILES string of the molecule is Cn1ncc2cc(-c3cc(OCOCC[Si](C)(C)C)c4ncn(COCC[Si](C)(C)C)c(=O)c4c3)ccc21. The number of fused-ring (bicyclic) bond motifs is 2. The van der Waals surface area contributed by atoms with Crippen LogP contribution in [0.2, 0.25) is 51.4 Å². The topological polar surface area (TPSA) is 80.4 Å². The highest BCUT2D eigenvalue weighted by Crippen LogP contribution is 2.32. The van der Waals surface area contributed by atoms with Crippen molar-refractivity contribution < 1.29 is 14.2 Å². The zero-order valence-corrected chi connectivity index (χ0v) is 25.7. The van der Waals surface area contributed by atoms with E-state index in [4.69, 9.17) is 14.2 Å². The van der Waals surface area contributed by atoms with E-state index in [-0.39, 0.29) is 19.1 Å². The van der Waals surface area contributed by atoms with E-state index in [2.05, 4.69) is 55.4 Å². The van der Waals surface area contributed by atoms with Gasteiger partial charge in [-0.15, -0.1) is 0 Å². The number of rotatable bonds is 12. The average molecular weight is 553 g/mol. The normalized spacial score (nSPS) is 12.5. The predicted molar refractivity (Wildman–Crippen MR) is 159 cm³/mol. The fraction of sp³-hybridized carbons (Fsp3) is 0.464. The highest BCUT2D eigenvalue weighted by Gasteiger charge is 2.16. The maximum absolute atomic E-state index is 13.5. The molecule has 0 amide bonds. The summed E-state index contributed by atoms with van der Waals surface area (Å²) in [5, 5.41) is 5.87. The Morgan fingerprint density at radius 2 is 1.61 bits per heavy atom. The monoisotopic (exact) mass is 552 g/mol. The van der Waals surface area contributed by atoms with Crippen LogP contribution in [0.1, 0.15) is 0 Å². The molecule has 0 bridgehead atoms. The minimum absolute atomic E-state index is 0.106. The maximum Gasteiger partial charge on any atom is 0.263 e. The smallest absolute Gasteiger partial charge is 0.263 e. The number of aromatic nitrogens is 4. The first-order valence-electron chi connectivity index (χ1n) is 13.1. The Morgan fingerprint density at radius 1 is 0.895 bits per heavy atom. The Balaban J connectivity index is 1.65. The lowest BCUT2D eigenvalue weighted by Crippen LogP contribution is -2.25. The molecule has 0 N–H and O–H groups in total. The first kappa shape index (κ1) is 28.2. The van der Waals surface area contributed by atoms with Gasteiger partial charge in [-0.25, -0.2) is 4.98 Å². The van der Waals surface area contributed by atoms with Crippen LogP contribution in [0.25, 0.3) is 32.9 Å². The fourth-order valence-corrected chi connectivity index (χ4v) is 5.55. The summed E-state index contributed by atoms with van der Waals surface area (Å²) in [6.07, 6.45) is 3.38. The van der Waals surface area contributed by atoms with Crippen LogP contribution >= 0.6 is 0 Å².